The van der Waals surface area contributed by atoms with Gasteiger partial charge in [-0.3, -0.25) is 4.79 Å². The maximum atomic E-state index is 16.6. The van der Waals surface area contributed by atoms with E-state index in [0.717, 1.165) is 30.9 Å². The lowest BCUT2D eigenvalue weighted by atomic mass is 9.87. The second-order valence-corrected chi connectivity index (χ2v) is 11.7. The lowest BCUT2D eigenvalue weighted by Crippen LogP contribution is -2.70. The molecule has 3 aliphatic rings. The number of halogens is 2. The Labute approximate surface area is 232 Å². The van der Waals surface area contributed by atoms with Crippen LogP contribution in [-0.4, -0.2) is 78.9 Å². The molecular weight excluding hydrogens is 543 g/mol. The number of nitrogens with one attached hydrogen (secondary N) is 2. The highest BCUT2D eigenvalue weighted by molar-refractivity contribution is 7.22. The molecule has 1 amide bonds. The van der Waals surface area contributed by atoms with Crippen LogP contribution in [0.25, 0.3) is 32.2 Å². The molecule has 10 nitrogen and oxygen atoms in total. The average molecular weight is 569 g/mol. The molecule has 0 atom stereocenters. The zero-order valence-corrected chi connectivity index (χ0v) is 22.5. The van der Waals surface area contributed by atoms with Crippen LogP contribution < -0.4 is 26.2 Å². The third kappa shape index (κ3) is 4.22. The average Bonchev–Trinajstić information content (AvgIpc) is 3.18. The van der Waals surface area contributed by atoms with E-state index in [1.807, 2.05) is 17.0 Å². The molecule has 0 aliphatic carbocycles. The number of ether oxygens (including phenoxy) is 1. The van der Waals surface area contributed by atoms with Gasteiger partial charge in [-0.1, -0.05) is 35.1 Å². The second kappa shape index (κ2) is 9.40. The monoisotopic (exact) mass is 568 g/mol. The van der Waals surface area contributed by atoms with Crippen LogP contribution in [-0.2, 0) is 9.53 Å². The van der Waals surface area contributed by atoms with E-state index in [4.69, 9.17) is 32.0 Å². The summed E-state index contributed by atoms with van der Waals surface area (Å²) in [6.07, 6.45) is 0.697. The summed E-state index contributed by atoms with van der Waals surface area (Å²) in [5.74, 6) is 0.414. The largest absolute Gasteiger partial charge is 0.375 e. The number of nitrogen functional groups attached to an aromatic ring is 1. The van der Waals surface area contributed by atoms with Gasteiger partial charge in [0.2, 0.25) is 11.9 Å². The lowest BCUT2D eigenvalue weighted by Gasteiger charge is -2.50. The summed E-state index contributed by atoms with van der Waals surface area (Å²) in [7, 11) is 0. The van der Waals surface area contributed by atoms with Crippen LogP contribution >= 0.6 is 22.9 Å². The molecule has 0 unspecified atom stereocenters. The summed E-state index contributed by atoms with van der Waals surface area (Å²) in [5, 5.41) is 7.66. The summed E-state index contributed by atoms with van der Waals surface area (Å²) in [6.45, 7) is 4.64. The number of thiazole rings is 1. The summed E-state index contributed by atoms with van der Waals surface area (Å²) in [6, 6.07) is 7.30. The fourth-order valence-corrected chi connectivity index (χ4v) is 6.79. The van der Waals surface area contributed by atoms with Crippen LogP contribution in [0.3, 0.4) is 0 Å². The Morgan fingerprint density at radius 1 is 1.13 bits per heavy atom. The zero-order valence-electron chi connectivity index (χ0n) is 21.0. The Kier molecular flexibility index (Phi) is 5.96. The van der Waals surface area contributed by atoms with Crippen molar-refractivity contribution >= 4 is 66.9 Å². The second-order valence-electron chi connectivity index (χ2n) is 10.2. The van der Waals surface area contributed by atoms with Crippen LogP contribution in [0.5, 0.6) is 0 Å². The third-order valence-electron chi connectivity index (χ3n) is 7.60. The van der Waals surface area contributed by atoms with Gasteiger partial charge >= 0.3 is 0 Å². The molecule has 4 aromatic rings. The molecule has 39 heavy (non-hydrogen) atoms. The smallest absolute Gasteiger partial charge is 0.246 e. The van der Waals surface area contributed by atoms with Crippen molar-refractivity contribution in [3.05, 3.63) is 35.1 Å². The number of anilines is 3. The van der Waals surface area contributed by atoms with E-state index in [9.17, 15) is 4.79 Å². The van der Waals surface area contributed by atoms with Crippen LogP contribution in [0.4, 0.5) is 21.3 Å². The molecule has 202 valence electrons. The van der Waals surface area contributed by atoms with Gasteiger partial charge in [0, 0.05) is 62.4 Å². The summed E-state index contributed by atoms with van der Waals surface area (Å²) in [4.78, 5) is 30.4. The van der Waals surface area contributed by atoms with Crippen molar-refractivity contribution in [1.29, 1.82) is 0 Å². The Morgan fingerprint density at radius 2 is 1.95 bits per heavy atom. The molecule has 5 heterocycles. The number of hydrogen-bond acceptors (Lipinski definition) is 10. The normalized spacial score (nSPS) is 19.4. The number of carbonyl (C=O) groups excluding carboxylic acids is 1. The van der Waals surface area contributed by atoms with E-state index in [0.29, 0.717) is 59.5 Å². The Balaban J connectivity index is 1.37. The molecule has 3 fully saturated rings. The van der Waals surface area contributed by atoms with Gasteiger partial charge < -0.3 is 30.9 Å². The number of para-hydroxylation sites is 1. The predicted octanol–water partition coefficient (Wildman–Crippen LogP) is 2.79. The van der Waals surface area contributed by atoms with Crippen molar-refractivity contribution in [2.45, 2.75) is 12.0 Å². The van der Waals surface area contributed by atoms with E-state index in [-0.39, 0.29) is 28.6 Å². The molecule has 2 aromatic carbocycles. The van der Waals surface area contributed by atoms with Crippen molar-refractivity contribution in [2.24, 2.45) is 0 Å². The Bertz CT molecular complexity index is 1620. The molecule has 3 aliphatic heterocycles. The number of fused-ring (bicyclic) bond motifs is 2. The van der Waals surface area contributed by atoms with Crippen LogP contribution in [0.1, 0.15) is 6.42 Å². The highest BCUT2D eigenvalue weighted by Crippen LogP contribution is 2.42. The summed E-state index contributed by atoms with van der Waals surface area (Å²) in [5.41, 5.74) is 7.18. The number of carbonyl (C=O) groups is 1. The quantitative estimate of drug-likeness (QED) is 0.342. The van der Waals surface area contributed by atoms with Gasteiger partial charge in [0.15, 0.2) is 10.9 Å². The number of benzene rings is 2. The molecular formula is C26H26ClFN8O2S. The van der Waals surface area contributed by atoms with Crippen molar-refractivity contribution in [2.75, 3.05) is 68.0 Å². The maximum absolute atomic E-state index is 16.6. The highest BCUT2D eigenvalue weighted by Gasteiger charge is 2.46. The maximum Gasteiger partial charge on any atom is 0.246 e. The van der Waals surface area contributed by atoms with Crippen LogP contribution in [0, 0.1) is 5.82 Å². The van der Waals surface area contributed by atoms with Gasteiger partial charge in [0.05, 0.1) is 20.8 Å². The van der Waals surface area contributed by atoms with Gasteiger partial charge in [0.1, 0.15) is 17.9 Å². The van der Waals surface area contributed by atoms with E-state index in [2.05, 4.69) is 20.5 Å². The zero-order chi connectivity index (χ0) is 26.7. The van der Waals surface area contributed by atoms with Crippen molar-refractivity contribution < 1.29 is 13.9 Å². The molecule has 0 saturated carbocycles. The molecule has 0 bridgehead atoms. The molecule has 7 rings (SSSR count). The summed E-state index contributed by atoms with van der Waals surface area (Å²) >= 11 is 8.13. The third-order valence-corrected chi connectivity index (χ3v) is 8.75. The van der Waals surface area contributed by atoms with Crippen LogP contribution in [0.15, 0.2) is 24.3 Å². The molecule has 4 N–H and O–H groups in total. The number of nitrogens with zero attached hydrogens (tertiary/aromatic N) is 5. The summed E-state index contributed by atoms with van der Waals surface area (Å²) < 4.78 is 22.8. The predicted molar refractivity (Wildman–Crippen MR) is 151 cm³/mol. The first-order valence-electron chi connectivity index (χ1n) is 12.9. The first kappa shape index (κ1) is 24.7. The van der Waals surface area contributed by atoms with E-state index < -0.39 is 11.4 Å². The minimum Gasteiger partial charge on any atom is -0.375 e. The fourth-order valence-electron chi connectivity index (χ4n) is 5.73. The first-order chi connectivity index (χ1) is 18.9. The molecule has 2 aromatic heterocycles. The molecule has 3 saturated heterocycles. The van der Waals surface area contributed by atoms with Crippen molar-refractivity contribution in [3.63, 3.8) is 0 Å². The number of piperazine rings is 1. The Morgan fingerprint density at radius 3 is 2.77 bits per heavy atom. The standard InChI is InChI=1S/C26H26ClFN8O2S/c27-16-10-15-22(20(28)19(16)14-2-1-3-17-21(14)31-24(29)39-17)32-25(33-23(15)35-7-5-30-6-8-35)36-12-26(13-36)4-9-38-11-18(37)34-26/h1-3,10,30H,4-9,11-13H2,(H2,29,31)(H,34,37). The molecule has 1 spiro atoms. The topological polar surface area (TPSA) is 122 Å². The van der Waals surface area contributed by atoms with E-state index >= 15 is 4.39 Å². The lowest BCUT2D eigenvalue weighted by molar-refractivity contribution is -0.125. The van der Waals surface area contributed by atoms with Crippen molar-refractivity contribution in [1.82, 2.24) is 25.6 Å². The van der Waals surface area contributed by atoms with Gasteiger partial charge in [-0.2, -0.15) is 4.98 Å². The molecule has 0 radical (unpaired) electrons. The van der Waals surface area contributed by atoms with Gasteiger partial charge in [-0.25, -0.2) is 14.4 Å². The van der Waals surface area contributed by atoms with E-state index in [1.54, 1.807) is 12.1 Å². The minimum atomic E-state index is -0.525. The fraction of sp³-hybridized carbons (Fsp3) is 0.385. The number of amides is 1. The number of hydrogen-bond donors (Lipinski definition) is 3. The SMILES string of the molecule is Nc1nc2c(-c3c(Cl)cc4c(N5CCNCC5)nc(N5CC6(CCOCC(=O)N6)C5)nc4c3F)cccc2s1. The van der Waals surface area contributed by atoms with Gasteiger partial charge in [0.25, 0.3) is 0 Å². The Hall–Kier alpha value is -3.32. The number of rotatable bonds is 3. The first-order valence-corrected chi connectivity index (χ1v) is 14.0. The molecule has 13 heteroatoms. The van der Waals surface area contributed by atoms with Crippen molar-refractivity contribution in [3.8, 4) is 11.1 Å². The van der Waals surface area contributed by atoms with Crippen LogP contribution in [0.2, 0.25) is 5.02 Å². The number of aromatic nitrogens is 3. The van der Waals surface area contributed by atoms with E-state index in [1.165, 1.54) is 11.3 Å². The number of nitrogens with two attached hydrogens (primary N) is 1. The van der Waals surface area contributed by atoms with Gasteiger partial charge in [-0.15, -0.1) is 0 Å². The minimum absolute atomic E-state index is 0.0630. The highest BCUT2D eigenvalue weighted by atomic mass is 35.5. The van der Waals surface area contributed by atoms with Gasteiger partial charge in [-0.05, 0) is 18.6 Å².